The summed E-state index contributed by atoms with van der Waals surface area (Å²) in [6, 6.07) is 9.49. The van der Waals surface area contributed by atoms with E-state index in [0.717, 1.165) is 6.54 Å². The Morgan fingerprint density at radius 2 is 1.86 bits per heavy atom. The lowest BCUT2D eigenvalue weighted by atomic mass is 9.85. The molecule has 0 amide bonds. The quantitative estimate of drug-likeness (QED) is 0.901. The molecule has 114 valence electrons. The average molecular weight is 285 g/mol. The topological polar surface area (TPSA) is 29.9 Å². The first-order valence-corrected chi connectivity index (χ1v) is 7.64. The maximum absolute atomic E-state index is 4.14. The summed E-state index contributed by atoms with van der Waals surface area (Å²) in [6.45, 7) is 12.1. The van der Waals surface area contributed by atoms with E-state index in [1.54, 1.807) is 0 Å². The zero-order chi connectivity index (χ0) is 15.5. The van der Waals surface area contributed by atoms with E-state index >= 15 is 0 Å². The second-order valence-electron chi connectivity index (χ2n) is 6.98. The van der Waals surface area contributed by atoms with E-state index in [4.69, 9.17) is 0 Å². The largest absolute Gasteiger partial charge is 0.336 e. The Morgan fingerprint density at radius 1 is 1.19 bits per heavy atom. The summed E-state index contributed by atoms with van der Waals surface area (Å²) in [5, 5.41) is 3.78. The van der Waals surface area contributed by atoms with Gasteiger partial charge >= 0.3 is 0 Å². The Kier molecular flexibility index (Phi) is 4.84. The van der Waals surface area contributed by atoms with E-state index in [1.165, 1.54) is 11.1 Å². The number of aromatic nitrogens is 2. The predicted octanol–water partition coefficient (Wildman–Crippen LogP) is 3.96. The van der Waals surface area contributed by atoms with Gasteiger partial charge in [-0.25, -0.2) is 4.98 Å². The molecule has 2 aromatic rings. The maximum atomic E-state index is 4.14. The molecule has 0 fully saturated rings. The minimum absolute atomic E-state index is 0.184. The first kappa shape index (κ1) is 15.8. The van der Waals surface area contributed by atoms with E-state index in [-0.39, 0.29) is 5.41 Å². The molecule has 2 atom stereocenters. The first-order valence-electron chi connectivity index (χ1n) is 7.64. The smallest absolute Gasteiger partial charge is 0.0946 e. The highest BCUT2D eigenvalue weighted by Crippen LogP contribution is 2.24. The molecule has 2 rings (SSSR count). The third-order valence-corrected chi connectivity index (χ3v) is 4.03. The number of hydrogen-bond donors (Lipinski definition) is 1. The van der Waals surface area contributed by atoms with Crippen LogP contribution in [0.4, 0.5) is 0 Å². The summed E-state index contributed by atoms with van der Waals surface area (Å²) in [6.07, 6.45) is 5.75. The van der Waals surface area contributed by atoms with Crippen molar-refractivity contribution in [1.82, 2.24) is 14.9 Å². The zero-order valence-corrected chi connectivity index (χ0v) is 13.8. The Morgan fingerprint density at radius 3 is 2.38 bits per heavy atom. The van der Waals surface area contributed by atoms with Crippen molar-refractivity contribution in [1.29, 1.82) is 0 Å². The van der Waals surface area contributed by atoms with Crippen molar-refractivity contribution in [2.75, 3.05) is 0 Å². The second-order valence-corrected chi connectivity index (χ2v) is 6.98. The molecule has 1 heterocycles. The fourth-order valence-electron chi connectivity index (χ4n) is 2.44. The van der Waals surface area contributed by atoms with E-state index < -0.39 is 0 Å². The van der Waals surface area contributed by atoms with Crippen LogP contribution in [0.25, 0.3) is 0 Å². The molecule has 1 aromatic heterocycles. The molecule has 0 aliphatic rings. The Balaban J connectivity index is 2.09. The average Bonchev–Trinajstić information content (AvgIpc) is 2.90. The summed E-state index contributed by atoms with van der Waals surface area (Å²) in [7, 11) is 0. The number of nitrogens with zero attached hydrogens (tertiary/aromatic N) is 2. The number of imidazole rings is 1. The van der Waals surface area contributed by atoms with Gasteiger partial charge in [-0.15, -0.1) is 0 Å². The molecular formula is C18H27N3. The summed E-state index contributed by atoms with van der Waals surface area (Å²) >= 11 is 0. The highest BCUT2D eigenvalue weighted by molar-refractivity contribution is 5.23. The number of benzene rings is 1. The van der Waals surface area contributed by atoms with Gasteiger partial charge in [-0.3, -0.25) is 0 Å². The lowest BCUT2D eigenvalue weighted by Crippen LogP contribution is -2.44. The molecule has 3 nitrogen and oxygen atoms in total. The fourth-order valence-corrected chi connectivity index (χ4v) is 2.44. The van der Waals surface area contributed by atoms with Crippen LogP contribution in [0.15, 0.2) is 43.0 Å². The molecule has 0 aliphatic heterocycles. The van der Waals surface area contributed by atoms with Gasteiger partial charge in [0.15, 0.2) is 0 Å². The van der Waals surface area contributed by atoms with Gasteiger partial charge in [0.1, 0.15) is 0 Å². The summed E-state index contributed by atoms with van der Waals surface area (Å²) in [4.78, 5) is 4.14. The first-order chi connectivity index (χ1) is 9.86. The number of hydrogen-bond acceptors (Lipinski definition) is 2. The van der Waals surface area contributed by atoms with E-state index in [9.17, 15) is 0 Å². The molecule has 1 aromatic carbocycles. The van der Waals surface area contributed by atoms with Crippen molar-refractivity contribution >= 4 is 0 Å². The van der Waals surface area contributed by atoms with Crippen molar-refractivity contribution in [3.05, 3.63) is 54.1 Å². The molecule has 0 saturated carbocycles. The number of aryl methyl sites for hydroxylation is 1. The normalized spacial score (nSPS) is 14.9. The van der Waals surface area contributed by atoms with Gasteiger partial charge in [-0.1, -0.05) is 50.6 Å². The summed E-state index contributed by atoms with van der Waals surface area (Å²) in [5.74, 6) is 0. The van der Waals surface area contributed by atoms with Crippen LogP contribution in [0, 0.1) is 12.3 Å². The molecule has 0 saturated heterocycles. The van der Waals surface area contributed by atoms with Crippen LogP contribution in [0.2, 0.25) is 0 Å². The van der Waals surface area contributed by atoms with Crippen LogP contribution in [0.1, 0.15) is 44.9 Å². The van der Waals surface area contributed by atoms with Crippen molar-refractivity contribution in [2.45, 2.75) is 53.2 Å². The third-order valence-electron chi connectivity index (χ3n) is 4.03. The monoisotopic (exact) mass is 285 g/mol. The number of rotatable bonds is 5. The molecule has 0 spiro atoms. The van der Waals surface area contributed by atoms with Gasteiger partial charge in [-0.05, 0) is 24.8 Å². The standard InChI is InChI=1S/C18H27N3/c1-14-6-8-16(9-7-14)15(2)20-17(18(3,4)5)12-21-11-10-19-13-21/h6-11,13,15,17,20H,12H2,1-5H3. The zero-order valence-electron chi connectivity index (χ0n) is 13.8. The van der Waals surface area contributed by atoms with Crippen LogP contribution < -0.4 is 5.32 Å². The molecule has 1 N–H and O–H groups in total. The molecule has 0 aliphatic carbocycles. The SMILES string of the molecule is Cc1ccc(C(C)NC(Cn2ccnc2)C(C)(C)C)cc1. The molecular weight excluding hydrogens is 258 g/mol. The highest BCUT2D eigenvalue weighted by Gasteiger charge is 2.26. The highest BCUT2D eigenvalue weighted by atomic mass is 15.1. The molecule has 2 unspecified atom stereocenters. The van der Waals surface area contributed by atoms with Gasteiger partial charge < -0.3 is 9.88 Å². The van der Waals surface area contributed by atoms with Gasteiger partial charge in [0.05, 0.1) is 6.33 Å². The summed E-state index contributed by atoms with van der Waals surface area (Å²) < 4.78 is 2.14. The van der Waals surface area contributed by atoms with Crippen molar-refractivity contribution in [2.24, 2.45) is 5.41 Å². The van der Waals surface area contributed by atoms with Crippen LogP contribution in [-0.2, 0) is 6.54 Å². The lowest BCUT2D eigenvalue weighted by Gasteiger charge is -2.34. The van der Waals surface area contributed by atoms with Crippen LogP contribution in [0.5, 0.6) is 0 Å². The fraction of sp³-hybridized carbons (Fsp3) is 0.500. The van der Waals surface area contributed by atoms with Crippen molar-refractivity contribution in [3.63, 3.8) is 0 Å². The van der Waals surface area contributed by atoms with Gasteiger partial charge in [0, 0.05) is 31.0 Å². The predicted molar refractivity (Wildman–Crippen MR) is 88.2 cm³/mol. The summed E-state index contributed by atoms with van der Waals surface area (Å²) in [5.41, 5.74) is 2.82. The van der Waals surface area contributed by atoms with Crippen LogP contribution >= 0.6 is 0 Å². The van der Waals surface area contributed by atoms with Gasteiger partial charge in [-0.2, -0.15) is 0 Å². The van der Waals surface area contributed by atoms with Gasteiger partial charge in [0.2, 0.25) is 0 Å². The minimum Gasteiger partial charge on any atom is -0.336 e. The molecule has 21 heavy (non-hydrogen) atoms. The van der Waals surface area contributed by atoms with E-state index in [0.29, 0.717) is 12.1 Å². The lowest BCUT2D eigenvalue weighted by molar-refractivity contribution is 0.225. The molecule has 3 heteroatoms. The second kappa shape index (κ2) is 6.44. The van der Waals surface area contributed by atoms with Crippen LogP contribution in [-0.4, -0.2) is 15.6 Å². The van der Waals surface area contributed by atoms with Crippen LogP contribution in [0.3, 0.4) is 0 Å². The molecule has 0 bridgehead atoms. The van der Waals surface area contributed by atoms with E-state index in [2.05, 4.69) is 73.8 Å². The van der Waals surface area contributed by atoms with E-state index in [1.807, 2.05) is 18.7 Å². The number of nitrogens with one attached hydrogen (secondary N) is 1. The Hall–Kier alpha value is -1.61. The van der Waals surface area contributed by atoms with Crippen molar-refractivity contribution < 1.29 is 0 Å². The Labute approximate surface area is 128 Å². The Bertz CT molecular complexity index is 535. The molecule has 0 radical (unpaired) electrons. The third kappa shape index (κ3) is 4.43. The maximum Gasteiger partial charge on any atom is 0.0946 e. The van der Waals surface area contributed by atoms with Crippen molar-refractivity contribution in [3.8, 4) is 0 Å². The minimum atomic E-state index is 0.184. The van der Waals surface area contributed by atoms with Gasteiger partial charge in [0.25, 0.3) is 0 Å².